The second-order valence-corrected chi connectivity index (χ2v) is 8.16. The molecule has 140 valence electrons. The largest absolute Gasteiger partial charge is 0.483 e. The van der Waals surface area contributed by atoms with Gasteiger partial charge in [0.2, 0.25) is 10.0 Å². The van der Waals surface area contributed by atoms with E-state index < -0.39 is 10.0 Å². The average Bonchev–Trinajstić information content (AvgIpc) is 2.59. The van der Waals surface area contributed by atoms with Gasteiger partial charge in [-0.15, -0.1) is 0 Å². The summed E-state index contributed by atoms with van der Waals surface area (Å²) in [6, 6.07) is 11.4. The minimum Gasteiger partial charge on any atom is -0.483 e. The van der Waals surface area contributed by atoms with Crippen molar-refractivity contribution in [2.24, 2.45) is 0 Å². The molecule has 1 amide bonds. The standard InChI is InChI=1S/C18H21ClN2O4S/c1-13-10-16(8-9-17(13)25-12-18(22)21(2)3)26(23,24)20-11-14-4-6-15(19)7-5-14/h4-10,20H,11-12H2,1-3H3. The lowest BCUT2D eigenvalue weighted by Gasteiger charge is -2.14. The molecule has 8 heteroatoms. The van der Waals surface area contributed by atoms with E-state index in [9.17, 15) is 13.2 Å². The SMILES string of the molecule is Cc1cc(S(=O)(=O)NCc2ccc(Cl)cc2)ccc1OCC(=O)N(C)C. The number of benzene rings is 2. The molecule has 26 heavy (non-hydrogen) atoms. The molecule has 0 heterocycles. The Labute approximate surface area is 158 Å². The third-order valence-electron chi connectivity index (χ3n) is 3.69. The van der Waals surface area contributed by atoms with Gasteiger partial charge in [-0.3, -0.25) is 4.79 Å². The molecule has 6 nitrogen and oxygen atoms in total. The van der Waals surface area contributed by atoms with Crippen LogP contribution in [0, 0.1) is 6.92 Å². The van der Waals surface area contributed by atoms with E-state index in [0.717, 1.165) is 5.56 Å². The minimum atomic E-state index is -3.67. The van der Waals surface area contributed by atoms with E-state index in [2.05, 4.69) is 4.72 Å². The van der Waals surface area contributed by atoms with Gasteiger partial charge < -0.3 is 9.64 Å². The van der Waals surface area contributed by atoms with Gasteiger partial charge in [0.1, 0.15) is 5.75 Å². The molecule has 0 saturated carbocycles. The number of hydrogen-bond acceptors (Lipinski definition) is 4. The van der Waals surface area contributed by atoms with E-state index in [1.807, 2.05) is 0 Å². The molecular weight excluding hydrogens is 376 g/mol. The number of rotatable bonds is 7. The minimum absolute atomic E-state index is 0.102. The van der Waals surface area contributed by atoms with Crippen LogP contribution in [0.5, 0.6) is 5.75 Å². The molecule has 0 aliphatic heterocycles. The highest BCUT2D eigenvalue weighted by Crippen LogP contribution is 2.22. The first-order valence-electron chi connectivity index (χ1n) is 7.87. The molecule has 0 aliphatic carbocycles. The number of amides is 1. The van der Waals surface area contributed by atoms with Gasteiger partial charge in [-0.05, 0) is 48.4 Å². The molecule has 2 aromatic carbocycles. The summed E-state index contributed by atoms with van der Waals surface area (Å²) in [5, 5.41) is 0.593. The second kappa shape index (κ2) is 8.53. The Morgan fingerprint density at radius 3 is 2.38 bits per heavy atom. The summed E-state index contributed by atoms with van der Waals surface area (Å²) < 4.78 is 32.9. The maximum absolute atomic E-state index is 12.5. The van der Waals surface area contributed by atoms with Gasteiger partial charge in [0, 0.05) is 25.7 Å². The predicted molar refractivity (Wildman–Crippen MR) is 101 cm³/mol. The first kappa shape index (κ1) is 20.2. The summed E-state index contributed by atoms with van der Waals surface area (Å²) in [7, 11) is -0.387. The number of aryl methyl sites for hydroxylation is 1. The molecule has 0 bridgehead atoms. The summed E-state index contributed by atoms with van der Waals surface area (Å²) in [6.07, 6.45) is 0. The van der Waals surface area contributed by atoms with Crippen LogP contribution in [0.25, 0.3) is 0 Å². The van der Waals surface area contributed by atoms with Crippen LogP contribution in [0.3, 0.4) is 0 Å². The van der Waals surface area contributed by atoms with Crippen LogP contribution in [0.2, 0.25) is 5.02 Å². The highest BCUT2D eigenvalue weighted by Gasteiger charge is 2.16. The van der Waals surface area contributed by atoms with Crippen molar-refractivity contribution in [3.05, 3.63) is 58.6 Å². The summed E-state index contributed by atoms with van der Waals surface area (Å²) in [5.41, 5.74) is 1.43. The van der Waals surface area contributed by atoms with Crippen molar-refractivity contribution in [1.82, 2.24) is 9.62 Å². The Kier molecular flexibility index (Phi) is 6.63. The number of ether oxygens (including phenoxy) is 1. The Morgan fingerprint density at radius 2 is 1.81 bits per heavy atom. The van der Waals surface area contributed by atoms with Crippen molar-refractivity contribution in [2.45, 2.75) is 18.4 Å². The van der Waals surface area contributed by atoms with Gasteiger partial charge in [0.25, 0.3) is 5.91 Å². The van der Waals surface area contributed by atoms with E-state index in [1.54, 1.807) is 51.4 Å². The third-order valence-corrected chi connectivity index (χ3v) is 5.34. The number of halogens is 1. The number of carbonyl (C=O) groups is 1. The molecule has 0 spiro atoms. The fourth-order valence-electron chi connectivity index (χ4n) is 2.08. The monoisotopic (exact) mass is 396 g/mol. The number of nitrogens with one attached hydrogen (secondary N) is 1. The van der Waals surface area contributed by atoms with Crippen molar-refractivity contribution in [3.63, 3.8) is 0 Å². The van der Waals surface area contributed by atoms with Crippen LogP contribution in [0.1, 0.15) is 11.1 Å². The van der Waals surface area contributed by atoms with E-state index in [0.29, 0.717) is 16.3 Å². The topological polar surface area (TPSA) is 75.7 Å². The van der Waals surface area contributed by atoms with Crippen LogP contribution in [-0.2, 0) is 21.4 Å². The molecule has 2 rings (SSSR count). The van der Waals surface area contributed by atoms with Crippen LogP contribution < -0.4 is 9.46 Å². The summed E-state index contributed by atoms with van der Waals surface area (Å²) >= 11 is 5.82. The van der Waals surface area contributed by atoms with E-state index in [-0.39, 0.29) is 24.0 Å². The van der Waals surface area contributed by atoms with Gasteiger partial charge in [0.05, 0.1) is 4.90 Å². The molecule has 0 aromatic heterocycles. The highest BCUT2D eigenvalue weighted by atomic mass is 35.5. The third kappa shape index (κ3) is 5.45. The average molecular weight is 397 g/mol. The van der Waals surface area contributed by atoms with Crippen molar-refractivity contribution < 1.29 is 17.9 Å². The lowest BCUT2D eigenvalue weighted by atomic mass is 10.2. The van der Waals surface area contributed by atoms with Crippen LogP contribution >= 0.6 is 11.6 Å². The molecule has 0 atom stereocenters. The lowest BCUT2D eigenvalue weighted by molar-refractivity contribution is -0.130. The first-order valence-corrected chi connectivity index (χ1v) is 9.73. The zero-order chi connectivity index (χ0) is 19.3. The van der Waals surface area contributed by atoms with Crippen LogP contribution in [0.15, 0.2) is 47.4 Å². The molecule has 1 N–H and O–H groups in total. The fraction of sp³-hybridized carbons (Fsp3) is 0.278. The molecule has 0 unspecified atom stereocenters. The number of hydrogen-bond donors (Lipinski definition) is 1. The van der Waals surface area contributed by atoms with Crippen molar-refractivity contribution in [1.29, 1.82) is 0 Å². The van der Waals surface area contributed by atoms with Gasteiger partial charge in [0.15, 0.2) is 6.61 Å². The second-order valence-electron chi connectivity index (χ2n) is 5.96. The molecule has 0 saturated heterocycles. The molecule has 0 fully saturated rings. The Hall–Kier alpha value is -2.09. The van der Waals surface area contributed by atoms with E-state index in [1.165, 1.54) is 17.0 Å². The normalized spacial score (nSPS) is 11.2. The molecule has 0 aliphatic rings. The van der Waals surface area contributed by atoms with E-state index >= 15 is 0 Å². The van der Waals surface area contributed by atoms with Crippen LogP contribution in [0.4, 0.5) is 0 Å². The number of likely N-dealkylation sites (N-methyl/N-ethyl adjacent to an activating group) is 1. The maximum atomic E-state index is 12.5. The van der Waals surface area contributed by atoms with Crippen molar-refractivity contribution >= 4 is 27.5 Å². The van der Waals surface area contributed by atoms with Gasteiger partial charge in [-0.25, -0.2) is 13.1 Å². The highest BCUT2D eigenvalue weighted by molar-refractivity contribution is 7.89. The van der Waals surface area contributed by atoms with Gasteiger partial charge in [-0.2, -0.15) is 0 Å². The Bertz CT molecular complexity index is 881. The van der Waals surface area contributed by atoms with E-state index in [4.69, 9.17) is 16.3 Å². The number of carbonyl (C=O) groups excluding carboxylic acids is 1. The van der Waals surface area contributed by atoms with Gasteiger partial charge in [-0.1, -0.05) is 23.7 Å². The molecule has 2 aromatic rings. The lowest BCUT2D eigenvalue weighted by Crippen LogP contribution is -2.27. The van der Waals surface area contributed by atoms with Crippen molar-refractivity contribution in [3.8, 4) is 5.75 Å². The van der Waals surface area contributed by atoms with Gasteiger partial charge >= 0.3 is 0 Å². The first-order chi connectivity index (χ1) is 12.2. The summed E-state index contributed by atoms with van der Waals surface area (Å²) in [4.78, 5) is 13.1. The van der Waals surface area contributed by atoms with Crippen molar-refractivity contribution in [2.75, 3.05) is 20.7 Å². The zero-order valence-electron chi connectivity index (χ0n) is 14.8. The quantitative estimate of drug-likeness (QED) is 0.780. The fourth-order valence-corrected chi connectivity index (χ4v) is 3.31. The summed E-state index contributed by atoms with van der Waals surface area (Å²) in [6.45, 7) is 1.79. The number of nitrogens with zero attached hydrogens (tertiary/aromatic N) is 1. The Morgan fingerprint density at radius 1 is 1.15 bits per heavy atom. The Balaban J connectivity index is 2.06. The summed E-state index contributed by atoms with van der Waals surface area (Å²) in [5.74, 6) is 0.294. The van der Waals surface area contributed by atoms with Crippen LogP contribution in [-0.4, -0.2) is 39.9 Å². The zero-order valence-corrected chi connectivity index (χ0v) is 16.4. The smallest absolute Gasteiger partial charge is 0.259 e. The molecular formula is C18H21ClN2O4S. The number of sulfonamides is 1. The molecule has 0 radical (unpaired) electrons. The predicted octanol–water partition coefficient (Wildman–Crippen LogP) is 2.59. The maximum Gasteiger partial charge on any atom is 0.259 e.